The van der Waals surface area contributed by atoms with E-state index in [1.807, 2.05) is 276 Å². The summed E-state index contributed by atoms with van der Waals surface area (Å²) in [6.45, 7) is 16.3. The molecule has 0 aliphatic rings. The topological polar surface area (TPSA) is 333 Å². The molecule has 0 saturated heterocycles. The number of fused-ring (bicyclic) bond motifs is 3. The summed E-state index contributed by atoms with van der Waals surface area (Å²) < 4.78 is 68.3. The van der Waals surface area contributed by atoms with Crippen LogP contribution in [-0.4, -0.2) is 107 Å². The van der Waals surface area contributed by atoms with Crippen molar-refractivity contribution in [3.05, 3.63) is 336 Å². The van der Waals surface area contributed by atoms with Gasteiger partial charge in [0.25, 0.3) is 0 Å². The van der Waals surface area contributed by atoms with Crippen molar-refractivity contribution in [2.75, 3.05) is 47.4 Å². The van der Waals surface area contributed by atoms with Crippen LogP contribution in [0, 0.1) is 41.2 Å². The fraction of sp³-hybridized carbons (Fsp3) is 0.0928. The molecule has 0 aliphatic carbocycles. The zero-order valence-electron chi connectivity index (χ0n) is 70.4. The number of para-hydroxylation sites is 1. The Morgan fingerprint density at radius 3 is 1.27 bits per heavy atom. The number of aromatic amines is 4. The van der Waals surface area contributed by atoms with Crippen LogP contribution in [0.25, 0.3) is 83.1 Å². The van der Waals surface area contributed by atoms with E-state index in [4.69, 9.17) is 41.9 Å². The van der Waals surface area contributed by atoms with Crippen LogP contribution in [0.2, 0.25) is 5.02 Å². The average molecular weight is 1740 g/mol. The molecule has 129 heavy (non-hydrogen) atoms. The van der Waals surface area contributed by atoms with Gasteiger partial charge < -0.3 is 49.9 Å². The van der Waals surface area contributed by atoms with Gasteiger partial charge in [0.1, 0.15) is 51.8 Å². The second-order valence-corrected chi connectivity index (χ2v) is 29.9. The number of alkyl halides is 3. The highest BCUT2D eigenvalue weighted by atomic mass is 35.5. The maximum atomic E-state index is 13.0. The van der Waals surface area contributed by atoms with Gasteiger partial charge in [0.2, 0.25) is 35.5 Å². The maximum absolute atomic E-state index is 13.0. The van der Waals surface area contributed by atoms with Gasteiger partial charge >= 0.3 is 6.18 Å². The molecule has 0 spiro atoms. The molecule has 0 aliphatic heterocycles. The van der Waals surface area contributed by atoms with Crippen molar-refractivity contribution in [1.82, 2.24) is 85.6 Å². The van der Waals surface area contributed by atoms with E-state index in [1.165, 1.54) is 12.5 Å². The molecule has 0 bridgehead atoms. The van der Waals surface area contributed by atoms with E-state index < -0.39 is 12.0 Å². The second kappa shape index (κ2) is 38.7. The average Bonchev–Trinajstić information content (AvgIpc) is 1.21. The summed E-state index contributed by atoms with van der Waals surface area (Å²) in [4.78, 5) is 43.8. The Labute approximate surface area is 741 Å². The number of nitrogens with one attached hydrogen (secondary N) is 8. The smallest absolute Gasteiger partial charge is 0.451 e. The Bertz CT molecular complexity index is 7210. The number of H-pyrrole nitrogens is 4. The molecule has 0 unspecified atom stereocenters. The Morgan fingerprint density at radius 2 is 0.806 bits per heavy atom. The minimum atomic E-state index is -4.66. The Hall–Kier alpha value is -17.1. The van der Waals surface area contributed by atoms with Crippen molar-refractivity contribution in [3.8, 4) is 97.4 Å². The molecule has 32 heteroatoms. The SMILES string of the molecule is COc1ccc2c(Oc3ccc(Nc4n[nH]c(-c5cccc(Cl)c5)n4)cc3)ccnc2c1.Cc1cccc(Nc2n[nH]c(-c3ccc(Oc4cc(N(C)C)nc5ccccc45)cc3)n2)c1.Cc1cccc(Nc2n[nH]c(-c3ccc(Oc4nc(C(F)(F)F)nc(C)c4C)cc3)n2)c1.[C-]#[N+]c1ccc2c(Oc3ccc(-c4nc(Nc5cccc(C)c5)n[nH]4)cc3)ccnc2c1. The van der Waals surface area contributed by atoms with Crippen LogP contribution in [-0.2, 0) is 6.18 Å². The predicted molar refractivity (Wildman–Crippen MR) is 495 cm³/mol. The molecule has 640 valence electrons. The van der Waals surface area contributed by atoms with Crippen LogP contribution < -0.4 is 49.9 Å². The van der Waals surface area contributed by atoms with Gasteiger partial charge in [-0.15, -0.1) is 20.4 Å². The molecular formula is C97H79ClF3N23O5. The number of halogens is 4. The van der Waals surface area contributed by atoms with Gasteiger partial charge in [-0.05, 0) is 239 Å². The minimum absolute atomic E-state index is 0.137. The van der Waals surface area contributed by atoms with E-state index in [2.05, 4.69) is 112 Å². The normalized spacial score (nSPS) is 10.9. The molecule has 0 atom stereocenters. The first kappa shape index (κ1) is 85.4. The summed E-state index contributed by atoms with van der Waals surface area (Å²) in [5.74, 6) is 9.26. The van der Waals surface area contributed by atoms with Gasteiger partial charge in [0.05, 0.1) is 30.2 Å². The van der Waals surface area contributed by atoms with E-state index in [0.717, 1.165) is 118 Å². The number of hydrogen-bond acceptors (Lipinski definition) is 23. The lowest BCUT2D eigenvalue weighted by Gasteiger charge is -2.15. The molecule has 0 fully saturated rings. The van der Waals surface area contributed by atoms with Gasteiger partial charge in [0, 0.05) is 116 Å². The molecule has 0 amide bonds. The fourth-order valence-corrected chi connectivity index (χ4v) is 13.3. The van der Waals surface area contributed by atoms with Crippen LogP contribution in [0.1, 0.15) is 33.8 Å². The first-order valence-corrected chi connectivity index (χ1v) is 40.5. The van der Waals surface area contributed by atoms with E-state index in [9.17, 15) is 13.2 Å². The monoisotopic (exact) mass is 1740 g/mol. The molecule has 19 rings (SSSR count). The van der Waals surface area contributed by atoms with Gasteiger partial charge in [-0.3, -0.25) is 30.4 Å². The number of nitrogens with zero attached hydrogens (tertiary/aromatic N) is 15. The highest BCUT2D eigenvalue weighted by molar-refractivity contribution is 6.30. The molecular weight excluding hydrogens is 1660 g/mol. The molecule has 8 N–H and O–H groups in total. The van der Waals surface area contributed by atoms with Crippen molar-refractivity contribution >= 4 is 102 Å². The summed E-state index contributed by atoms with van der Waals surface area (Å²) in [7, 11) is 5.57. The number of rotatable bonds is 22. The minimum Gasteiger partial charge on any atom is -0.497 e. The first-order valence-electron chi connectivity index (χ1n) is 40.1. The van der Waals surface area contributed by atoms with Gasteiger partial charge in [-0.1, -0.05) is 84.4 Å². The van der Waals surface area contributed by atoms with Crippen LogP contribution >= 0.6 is 11.6 Å². The molecule has 8 aromatic heterocycles. The summed E-state index contributed by atoms with van der Waals surface area (Å²) in [5.41, 5.74) is 14.0. The molecule has 0 saturated carbocycles. The van der Waals surface area contributed by atoms with Crippen molar-refractivity contribution in [2.45, 2.75) is 40.8 Å². The van der Waals surface area contributed by atoms with Crippen LogP contribution in [0.5, 0.6) is 51.9 Å². The zero-order valence-corrected chi connectivity index (χ0v) is 71.2. The quantitative estimate of drug-likeness (QED) is 0.0292. The molecule has 19 aromatic rings. The van der Waals surface area contributed by atoms with E-state index >= 15 is 0 Å². The standard InChI is InChI=1S/C26H24N6O.C25H18N6O.C24H18ClN5O2.C22H19F3N6O/c1-17-7-6-8-19(15-17)27-26-29-25(30-31-26)18-11-13-20(14-12-18)33-23-16-24(32(2)3)28-22-10-5-4-9-21(22)23;1-16-4-3-5-19(14-16)28-25-29-24(30-31-25)17-6-9-20(10-7-17)32-23-12-13-27-22-15-18(26-2)8-11-21(22)23;1-31-19-9-10-20-21(14-19)26-12-11-22(20)32-18-7-5-17(6-8-18)27-24-28-23(29-30-24)15-3-2-4-16(25)13-15;1-12-5-4-6-16(11-12)27-21-28-18(30-31-21)15-7-9-17(10-8-15)32-19-13(2)14(3)26-20(29-19)22(23,24)25/h4-16H,1-3H3,(H2,27,29,30,31);3-15H,1H3,(H2,28,29,30,31);2-14H,1H3,(H2,27,28,29,30);4-11H,1-3H3,(H2,27,28,30,31). The third kappa shape index (κ3) is 21.7. The largest absolute Gasteiger partial charge is 0.497 e. The highest BCUT2D eigenvalue weighted by Crippen LogP contribution is 2.39. The van der Waals surface area contributed by atoms with E-state index in [-0.39, 0.29) is 11.6 Å². The van der Waals surface area contributed by atoms with Crippen molar-refractivity contribution in [3.63, 3.8) is 0 Å². The Morgan fingerprint density at radius 1 is 0.380 bits per heavy atom. The Balaban J connectivity index is 0.000000126. The summed E-state index contributed by atoms with van der Waals surface area (Å²) >= 11 is 6.05. The van der Waals surface area contributed by atoms with Crippen molar-refractivity contribution in [2.24, 2.45) is 0 Å². The van der Waals surface area contributed by atoms with Crippen molar-refractivity contribution < 1.29 is 36.9 Å². The number of aromatic nitrogens is 17. The van der Waals surface area contributed by atoms with Gasteiger partial charge in [-0.2, -0.15) is 38.1 Å². The molecule has 28 nitrogen and oxygen atoms in total. The third-order valence-corrected chi connectivity index (χ3v) is 19.9. The van der Waals surface area contributed by atoms with Crippen LogP contribution in [0.3, 0.4) is 0 Å². The van der Waals surface area contributed by atoms with Gasteiger partial charge in [-0.25, -0.2) is 14.8 Å². The molecule has 8 heterocycles. The number of benzene rings is 11. The maximum Gasteiger partial charge on any atom is 0.451 e. The Kier molecular flexibility index (Phi) is 25.6. The van der Waals surface area contributed by atoms with Gasteiger partial charge in [0.15, 0.2) is 29.0 Å². The van der Waals surface area contributed by atoms with Crippen LogP contribution in [0.15, 0.2) is 285 Å². The number of ether oxygens (including phenoxy) is 5. The second-order valence-electron chi connectivity index (χ2n) is 29.4. The lowest BCUT2D eigenvalue weighted by molar-refractivity contribution is -0.145. The third-order valence-electron chi connectivity index (χ3n) is 19.7. The lowest BCUT2D eigenvalue weighted by Crippen LogP contribution is -2.13. The van der Waals surface area contributed by atoms with Crippen LogP contribution in [0.4, 0.5) is 71.2 Å². The highest BCUT2D eigenvalue weighted by Gasteiger charge is 2.36. The number of pyridine rings is 3. The summed E-state index contributed by atoms with van der Waals surface area (Å²) in [5, 5.41) is 44.7. The molecule has 0 radical (unpaired) electrons. The number of anilines is 9. The summed E-state index contributed by atoms with van der Waals surface area (Å²) in [6, 6.07) is 85.6. The predicted octanol–water partition coefficient (Wildman–Crippen LogP) is 24.3. The fourth-order valence-electron chi connectivity index (χ4n) is 13.1. The number of aryl methyl sites for hydroxylation is 4. The molecule has 11 aromatic carbocycles. The first-order chi connectivity index (χ1) is 62.6. The lowest BCUT2D eigenvalue weighted by atomic mass is 10.2. The number of hydrogen-bond donors (Lipinski definition) is 8. The van der Waals surface area contributed by atoms with E-state index in [0.29, 0.717) is 86.4 Å². The zero-order chi connectivity index (χ0) is 89.5. The number of methoxy groups -OCH3 is 1. The van der Waals surface area contributed by atoms with Crippen molar-refractivity contribution in [1.29, 1.82) is 0 Å². The van der Waals surface area contributed by atoms with E-state index in [1.54, 1.807) is 62.8 Å². The summed E-state index contributed by atoms with van der Waals surface area (Å²) in [6.07, 6.45) is -1.26.